The molecule has 1 aromatic carbocycles. The minimum atomic E-state index is -0.329. The van der Waals surface area contributed by atoms with E-state index in [0.717, 1.165) is 17.6 Å². The maximum atomic E-state index is 11.2. The number of hydrogen-bond donors (Lipinski definition) is 2. The van der Waals surface area contributed by atoms with Crippen LogP contribution in [0.1, 0.15) is 5.56 Å². The molecule has 0 spiro atoms. The van der Waals surface area contributed by atoms with E-state index in [4.69, 9.17) is 4.42 Å². The number of rotatable bonds is 3. The highest BCUT2D eigenvalue weighted by molar-refractivity contribution is 7.80. The van der Waals surface area contributed by atoms with Gasteiger partial charge in [0, 0.05) is 19.5 Å². The Kier molecular flexibility index (Phi) is 2.83. The van der Waals surface area contributed by atoms with E-state index in [1.807, 2.05) is 18.2 Å². The molecule has 2 rings (SSSR count). The van der Waals surface area contributed by atoms with Crippen molar-refractivity contribution in [1.29, 1.82) is 0 Å². The molecular formula is C10H12N2O2S. The molecule has 1 heterocycles. The predicted octanol–water partition coefficient (Wildman–Crippen LogP) is 1.11. The van der Waals surface area contributed by atoms with Crippen LogP contribution in [0, 0.1) is 0 Å². The number of nitrogens with one attached hydrogen (secondary N) is 1. The van der Waals surface area contributed by atoms with E-state index in [1.54, 1.807) is 7.05 Å². The summed E-state index contributed by atoms with van der Waals surface area (Å²) in [5.41, 5.74) is 2.52. The Morgan fingerprint density at radius 2 is 2.33 bits per heavy atom. The van der Waals surface area contributed by atoms with Gasteiger partial charge in [0.05, 0.1) is 5.52 Å². The zero-order valence-electron chi connectivity index (χ0n) is 8.36. The average Bonchev–Trinajstić information content (AvgIpc) is 2.52. The van der Waals surface area contributed by atoms with E-state index >= 15 is 0 Å². The van der Waals surface area contributed by atoms with Crippen LogP contribution in [0.15, 0.2) is 27.4 Å². The van der Waals surface area contributed by atoms with Gasteiger partial charge in [-0.25, -0.2) is 4.79 Å². The monoisotopic (exact) mass is 224 g/mol. The molecule has 0 aliphatic heterocycles. The molecule has 0 saturated heterocycles. The molecule has 1 N–H and O–H groups in total. The highest BCUT2D eigenvalue weighted by Gasteiger charge is 2.05. The zero-order valence-corrected chi connectivity index (χ0v) is 9.25. The topological polar surface area (TPSA) is 47.2 Å². The van der Waals surface area contributed by atoms with Crippen LogP contribution >= 0.6 is 12.6 Å². The summed E-state index contributed by atoms with van der Waals surface area (Å²) in [6.45, 7) is 0.720. The lowest BCUT2D eigenvalue weighted by molar-refractivity contribution is 0.527. The third-order valence-corrected chi connectivity index (χ3v) is 2.52. The lowest BCUT2D eigenvalue weighted by atomic mass is 10.2. The van der Waals surface area contributed by atoms with Crippen LogP contribution in [0.3, 0.4) is 0 Å². The van der Waals surface area contributed by atoms with Gasteiger partial charge in [0.2, 0.25) is 0 Å². The van der Waals surface area contributed by atoms with Gasteiger partial charge in [0.1, 0.15) is 0 Å². The zero-order chi connectivity index (χ0) is 10.8. The molecule has 0 atom stereocenters. The fraction of sp³-hybridized carbons (Fsp3) is 0.300. The van der Waals surface area contributed by atoms with Crippen molar-refractivity contribution in [3.05, 3.63) is 34.3 Å². The van der Waals surface area contributed by atoms with Crippen molar-refractivity contribution in [2.45, 2.75) is 6.54 Å². The third kappa shape index (κ3) is 1.93. The Morgan fingerprint density at radius 3 is 3.07 bits per heavy atom. The first-order chi connectivity index (χ1) is 7.22. The maximum absolute atomic E-state index is 11.2. The molecule has 1 aromatic heterocycles. The largest absolute Gasteiger partial charge is 0.419 e. The van der Waals surface area contributed by atoms with Crippen molar-refractivity contribution in [3.63, 3.8) is 0 Å². The molecule has 0 aliphatic rings. The minimum absolute atomic E-state index is 0.329. The molecule has 15 heavy (non-hydrogen) atoms. The second-order valence-corrected chi connectivity index (χ2v) is 3.63. The molecule has 2 aromatic rings. The predicted molar refractivity (Wildman–Crippen MR) is 62.1 cm³/mol. The van der Waals surface area contributed by atoms with Gasteiger partial charge in [-0.05, 0) is 17.7 Å². The van der Waals surface area contributed by atoms with Crippen molar-refractivity contribution >= 4 is 23.7 Å². The summed E-state index contributed by atoms with van der Waals surface area (Å²) in [6.07, 6.45) is 0. The summed E-state index contributed by atoms with van der Waals surface area (Å²) in [6, 6.07) is 5.72. The number of fused-ring (bicyclic) bond motifs is 1. The van der Waals surface area contributed by atoms with Crippen LogP contribution in [0.2, 0.25) is 0 Å². The van der Waals surface area contributed by atoms with Gasteiger partial charge < -0.3 is 9.73 Å². The minimum Gasteiger partial charge on any atom is -0.408 e. The van der Waals surface area contributed by atoms with Crippen molar-refractivity contribution in [3.8, 4) is 0 Å². The molecule has 80 valence electrons. The number of aromatic nitrogens is 1. The van der Waals surface area contributed by atoms with E-state index in [9.17, 15) is 4.79 Å². The lowest BCUT2D eigenvalue weighted by Crippen LogP contribution is -2.10. The van der Waals surface area contributed by atoms with E-state index in [2.05, 4.69) is 17.9 Å². The smallest absolute Gasteiger partial charge is 0.408 e. The first-order valence-corrected chi connectivity index (χ1v) is 5.25. The fourth-order valence-electron chi connectivity index (χ4n) is 1.49. The summed E-state index contributed by atoms with van der Waals surface area (Å²) in [7, 11) is 1.69. The maximum Gasteiger partial charge on any atom is 0.419 e. The number of aryl methyl sites for hydroxylation is 1. The number of hydrogen-bond acceptors (Lipinski definition) is 4. The van der Waals surface area contributed by atoms with Gasteiger partial charge in [-0.3, -0.25) is 4.57 Å². The first-order valence-electron chi connectivity index (χ1n) is 4.62. The Bertz CT molecular complexity index is 530. The molecule has 0 aliphatic carbocycles. The summed E-state index contributed by atoms with van der Waals surface area (Å²) >= 11 is 4.06. The van der Waals surface area contributed by atoms with Crippen molar-refractivity contribution in [1.82, 2.24) is 9.88 Å². The second-order valence-electron chi connectivity index (χ2n) is 3.31. The summed E-state index contributed by atoms with van der Waals surface area (Å²) in [4.78, 5) is 11.2. The molecule has 4 nitrogen and oxygen atoms in total. The molecule has 0 bridgehead atoms. The molecular weight excluding hydrogens is 212 g/mol. The quantitative estimate of drug-likeness (QED) is 0.606. The van der Waals surface area contributed by atoms with Crippen LogP contribution in [-0.2, 0) is 13.6 Å². The molecule has 0 radical (unpaired) electrons. The highest BCUT2D eigenvalue weighted by Crippen LogP contribution is 2.13. The number of benzene rings is 1. The lowest BCUT2D eigenvalue weighted by Gasteiger charge is -2.00. The summed E-state index contributed by atoms with van der Waals surface area (Å²) in [5.74, 6) is 0.292. The third-order valence-electron chi connectivity index (χ3n) is 2.30. The molecule has 5 heteroatoms. The van der Waals surface area contributed by atoms with Gasteiger partial charge >= 0.3 is 5.76 Å². The van der Waals surface area contributed by atoms with E-state index in [-0.39, 0.29) is 5.76 Å². The van der Waals surface area contributed by atoms with Gasteiger partial charge in [-0.15, -0.1) is 0 Å². The van der Waals surface area contributed by atoms with Crippen LogP contribution in [0.5, 0.6) is 0 Å². The van der Waals surface area contributed by atoms with Crippen LogP contribution in [0.4, 0.5) is 0 Å². The molecule has 0 saturated carbocycles. The normalized spacial score (nSPS) is 11.1. The second kappa shape index (κ2) is 4.12. The molecule has 0 amide bonds. The SMILES string of the molecule is Cn1c(=O)oc2cc(CNCS)ccc21. The molecule has 0 unspecified atom stereocenters. The highest BCUT2D eigenvalue weighted by atomic mass is 32.1. The Balaban J connectivity index is 2.43. The van der Waals surface area contributed by atoms with Crippen LogP contribution in [0.25, 0.3) is 11.1 Å². The summed E-state index contributed by atoms with van der Waals surface area (Å²) < 4.78 is 6.57. The van der Waals surface area contributed by atoms with E-state index in [1.165, 1.54) is 4.57 Å². The summed E-state index contributed by atoms with van der Waals surface area (Å²) in [5, 5.41) is 3.09. The number of oxazole rings is 1. The molecule has 0 fully saturated rings. The standard InChI is InChI=1S/C10H12N2O2S/c1-12-8-3-2-7(5-11-6-15)4-9(8)14-10(12)13/h2-4,11,15H,5-6H2,1H3. The first kappa shape index (κ1) is 10.3. The Morgan fingerprint density at radius 1 is 1.53 bits per heavy atom. The van der Waals surface area contributed by atoms with Crippen molar-refractivity contribution in [2.75, 3.05) is 5.88 Å². The van der Waals surface area contributed by atoms with Crippen LogP contribution in [-0.4, -0.2) is 10.4 Å². The number of nitrogens with zero attached hydrogens (tertiary/aromatic N) is 1. The van der Waals surface area contributed by atoms with E-state index < -0.39 is 0 Å². The van der Waals surface area contributed by atoms with Crippen molar-refractivity contribution < 1.29 is 4.42 Å². The van der Waals surface area contributed by atoms with Gasteiger partial charge in [0.15, 0.2) is 5.58 Å². The Hall–Kier alpha value is -1.20. The fourth-order valence-corrected chi connectivity index (χ4v) is 1.60. The Labute approximate surface area is 92.3 Å². The van der Waals surface area contributed by atoms with Gasteiger partial charge in [-0.1, -0.05) is 6.07 Å². The average molecular weight is 224 g/mol. The van der Waals surface area contributed by atoms with Gasteiger partial charge in [0.25, 0.3) is 0 Å². The number of thiol groups is 1. The van der Waals surface area contributed by atoms with Crippen molar-refractivity contribution in [2.24, 2.45) is 7.05 Å². The van der Waals surface area contributed by atoms with E-state index in [0.29, 0.717) is 11.5 Å². The van der Waals surface area contributed by atoms with Crippen LogP contribution < -0.4 is 11.1 Å². The van der Waals surface area contributed by atoms with Gasteiger partial charge in [-0.2, -0.15) is 12.6 Å².